The second kappa shape index (κ2) is 8.78. The molecule has 0 saturated carbocycles. The largest absolute Gasteiger partial charge is 0.324 e. The summed E-state index contributed by atoms with van der Waals surface area (Å²) in [5, 5.41) is 2.99. The van der Waals surface area contributed by atoms with E-state index in [1.54, 1.807) is 19.1 Å². The van der Waals surface area contributed by atoms with Crippen LogP contribution in [0, 0.1) is 13.8 Å². The molecule has 1 atom stereocenters. The summed E-state index contributed by atoms with van der Waals surface area (Å²) in [5.74, 6) is -0.347. The van der Waals surface area contributed by atoms with E-state index in [2.05, 4.69) is 5.32 Å². The molecule has 0 spiro atoms. The van der Waals surface area contributed by atoms with Gasteiger partial charge in [-0.25, -0.2) is 8.42 Å². The minimum Gasteiger partial charge on any atom is -0.324 e. The van der Waals surface area contributed by atoms with E-state index in [1.165, 1.54) is 4.31 Å². The number of anilines is 2. The SMILES string of the molecule is CCc1cccc(CC)c1NC(=O)C(C)N(c1cc(C)cc(C)c1)S(C)(=O)=O. The second-order valence-electron chi connectivity index (χ2n) is 7.23. The van der Waals surface area contributed by atoms with Gasteiger partial charge in [0.2, 0.25) is 15.9 Å². The smallest absolute Gasteiger partial charge is 0.248 e. The fourth-order valence-electron chi connectivity index (χ4n) is 3.52. The maximum absolute atomic E-state index is 13.1. The van der Waals surface area contributed by atoms with Crippen LogP contribution in [-0.2, 0) is 27.7 Å². The summed E-state index contributed by atoms with van der Waals surface area (Å²) < 4.78 is 26.3. The zero-order valence-corrected chi connectivity index (χ0v) is 18.4. The number of hydrogen-bond donors (Lipinski definition) is 1. The molecule has 6 heteroatoms. The molecule has 0 aliphatic heterocycles. The van der Waals surface area contributed by atoms with E-state index >= 15 is 0 Å². The highest BCUT2D eigenvalue weighted by Gasteiger charge is 2.30. The minimum atomic E-state index is -3.65. The fraction of sp³-hybridized carbons (Fsp3) is 0.409. The topological polar surface area (TPSA) is 66.5 Å². The third-order valence-electron chi connectivity index (χ3n) is 4.80. The summed E-state index contributed by atoms with van der Waals surface area (Å²) in [4.78, 5) is 13.1. The average molecular weight is 403 g/mol. The summed E-state index contributed by atoms with van der Waals surface area (Å²) in [7, 11) is -3.65. The van der Waals surface area contributed by atoms with Crippen LogP contribution in [0.3, 0.4) is 0 Å². The van der Waals surface area contributed by atoms with E-state index < -0.39 is 16.1 Å². The van der Waals surface area contributed by atoms with Gasteiger partial charge in [0.25, 0.3) is 0 Å². The molecule has 2 rings (SSSR count). The highest BCUT2D eigenvalue weighted by molar-refractivity contribution is 7.92. The molecule has 0 saturated heterocycles. The van der Waals surface area contributed by atoms with Crippen LogP contribution in [0.15, 0.2) is 36.4 Å². The minimum absolute atomic E-state index is 0.347. The fourth-order valence-corrected chi connectivity index (χ4v) is 4.68. The molecule has 0 fully saturated rings. The Morgan fingerprint density at radius 3 is 1.96 bits per heavy atom. The first-order chi connectivity index (χ1) is 13.1. The highest BCUT2D eigenvalue weighted by atomic mass is 32.2. The van der Waals surface area contributed by atoms with Gasteiger partial charge in [0, 0.05) is 5.69 Å². The summed E-state index contributed by atoms with van der Waals surface area (Å²) in [6, 6.07) is 10.6. The number of rotatable bonds is 7. The van der Waals surface area contributed by atoms with Crippen LogP contribution in [0.1, 0.15) is 43.0 Å². The number of aryl methyl sites for hydroxylation is 4. The first-order valence-corrected chi connectivity index (χ1v) is 11.4. The van der Waals surface area contributed by atoms with E-state index in [0.717, 1.165) is 47.0 Å². The van der Waals surface area contributed by atoms with Crippen molar-refractivity contribution in [3.8, 4) is 0 Å². The van der Waals surface area contributed by atoms with Gasteiger partial charge in [-0.3, -0.25) is 9.10 Å². The van der Waals surface area contributed by atoms with Gasteiger partial charge in [0.1, 0.15) is 6.04 Å². The van der Waals surface area contributed by atoms with Gasteiger partial charge in [-0.1, -0.05) is 38.1 Å². The number of benzene rings is 2. The van der Waals surface area contributed by atoms with Gasteiger partial charge in [-0.05, 0) is 68.0 Å². The van der Waals surface area contributed by atoms with Crippen molar-refractivity contribution < 1.29 is 13.2 Å². The standard InChI is InChI=1S/C22H30N2O3S/c1-7-18-10-9-11-19(8-2)21(18)23-22(25)17(5)24(28(6,26)27)20-13-15(3)12-16(4)14-20/h9-14,17H,7-8H2,1-6H3,(H,23,25). The van der Waals surface area contributed by atoms with Gasteiger partial charge < -0.3 is 5.32 Å². The lowest BCUT2D eigenvalue weighted by atomic mass is 10.0. The molecule has 28 heavy (non-hydrogen) atoms. The zero-order valence-electron chi connectivity index (χ0n) is 17.5. The number of para-hydroxylation sites is 1. The number of carbonyl (C=O) groups excluding carboxylic acids is 1. The normalized spacial score (nSPS) is 12.5. The molecule has 0 aliphatic carbocycles. The lowest BCUT2D eigenvalue weighted by Gasteiger charge is -2.29. The third-order valence-corrected chi connectivity index (χ3v) is 6.04. The molecule has 5 nitrogen and oxygen atoms in total. The maximum Gasteiger partial charge on any atom is 0.248 e. The average Bonchev–Trinajstić information content (AvgIpc) is 2.59. The molecule has 0 heterocycles. The molecule has 1 N–H and O–H groups in total. The Kier molecular flexibility index (Phi) is 6.88. The summed E-state index contributed by atoms with van der Waals surface area (Å²) >= 11 is 0. The van der Waals surface area contributed by atoms with Gasteiger partial charge in [0.05, 0.1) is 11.9 Å². The predicted molar refractivity (Wildman–Crippen MR) is 117 cm³/mol. The first kappa shape index (κ1) is 22.0. The number of carbonyl (C=O) groups is 1. The summed E-state index contributed by atoms with van der Waals surface area (Å²) in [5.41, 5.74) is 5.26. The zero-order chi connectivity index (χ0) is 21.1. The van der Waals surface area contributed by atoms with Gasteiger partial charge in [-0.15, -0.1) is 0 Å². The molecule has 1 amide bonds. The Bertz CT molecular complexity index is 925. The van der Waals surface area contributed by atoms with Crippen LogP contribution in [0.2, 0.25) is 0 Å². The molecule has 2 aromatic carbocycles. The Morgan fingerprint density at radius 1 is 1.04 bits per heavy atom. The van der Waals surface area contributed by atoms with Crippen LogP contribution in [0.5, 0.6) is 0 Å². The Morgan fingerprint density at radius 2 is 1.54 bits per heavy atom. The Balaban J connectivity index is 2.44. The van der Waals surface area contributed by atoms with Crippen LogP contribution >= 0.6 is 0 Å². The van der Waals surface area contributed by atoms with Crippen LogP contribution in [0.25, 0.3) is 0 Å². The van der Waals surface area contributed by atoms with E-state index in [-0.39, 0.29) is 5.91 Å². The van der Waals surface area contributed by atoms with E-state index in [0.29, 0.717) is 5.69 Å². The van der Waals surface area contributed by atoms with Crippen molar-refractivity contribution in [1.82, 2.24) is 0 Å². The number of nitrogens with one attached hydrogen (secondary N) is 1. The Labute approximate surface area is 168 Å². The van der Waals surface area contributed by atoms with E-state index in [9.17, 15) is 13.2 Å². The molecule has 152 valence electrons. The number of amides is 1. The molecular weight excluding hydrogens is 372 g/mol. The molecule has 0 aromatic heterocycles. The molecule has 0 radical (unpaired) electrons. The summed E-state index contributed by atoms with van der Waals surface area (Å²) in [6.07, 6.45) is 2.70. The quantitative estimate of drug-likeness (QED) is 0.754. The predicted octanol–water partition coefficient (Wildman–Crippen LogP) is 4.22. The lowest BCUT2D eigenvalue weighted by Crippen LogP contribution is -2.45. The highest BCUT2D eigenvalue weighted by Crippen LogP contribution is 2.26. The molecule has 0 aliphatic rings. The van der Waals surface area contributed by atoms with Crippen molar-refractivity contribution in [3.63, 3.8) is 0 Å². The van der Waals surface area contributed by atoms with Crippen LogP contribution in [0.4, 0.5) is 11.4 Å². The summed E-state index contributed by atoms with van der Waals surface area (Å²) in [6.45, 7) is 9.51. The third kappa shape index (κ3) is 4.93. The molecule has 2 aromatic rings. The van der Waals surface area contributed by atoms with Crippen molar-refractivity contribution in [2.45, 2.75) is 53.5 Å². The van der Waals surface area contributed by atoms with E-state index in [1.807, 2.05) is 52.0 Å². The number of hydrogen-bond acceptors (Lipinski definition) is 3. The van der Waals surface area contributed by atoms with Crippen molar-refractivity contribution in [3.05, 3.63) is 58.7 Å². The molecular formula is C22H30N2O3S. The van der Waals surface area contributed by atoms with Crippen LogP contribution < -0.4 is 9.62 Å². The molecule has 1 unspecified atom stereocenters. The first-order valence-electron chi connectivity index (χ1n) is 9.57. The maximum atomic E-state index is 13.1. The van der Waals surface area contributed by atoms with Gasteiger partial charge >= 0.3 is 0 Å². The Hall–Kier alpha value is -2.34. The van der Waals surface area contributed by atoms with Crippen molar-refractivity contribution >= 4 is 27.3 Å². The van der Waals surface area contributed by atoms with Crippen molar-refractivity contribution in [1.29, 1.82) is 0 Å². The van der Waals surface area contributed by atoms with Gasteiger partial charge in [-0.2, -0.15) is 0 Å². The molecule has 0 bridgehead atoms. The number of nitrogens with zero attached hydrogens (tertiary/aromatic N) is 1. The van der Waals surface area contributed by atoms with Crippen LogP contribution in [-0.4, -0.2) is 26.6 Å². The number of sulfonamides is 1. The van der Waals surface area contributed by atoms with Crippen molar-refractivity contribution in [2.24, 2.45) is 0 Å². The monoisotopic (exact) mass is 402 g/mol. The van der Waals surface area contributed by atoms with E-state index in [4.69, 9.17) is 0 Å². The lowest BCUT2D eigenvalue weighted by molar-refractivity contribution is -0.116. The van der Waals surface area contributed by atoms with Gasteiger partial charge in [0.15, 0.2) is 0 Å². The second-order valence-corrected chi connectivity index (χ2v) is 9.09. The van der Waals surface area contributed by atoms with Crippen molar-refractivity contribution in [2.75, 3.05) is 15.9 Å².